The van der Waals surface area contributed by atoms with Crippen LogP contribution in [0, 0.1) is 0 Å². The molecule has 3 aromatic carbocycles. The van der Waals surface area contributed by atoms with Crippen molar-refractivity contribution in [2.75, 3.05) is 21.7 Å². The number of carbonyl (C=O) groups excluding carboxylic acids is 1. The van der Waals surface area contributed by atoms with E-state index in [4.69, 9.17) is 29.6 Å². The van der Waals surface area contributed by atoms with Gasteiger partial charge in [0, 0.05) is 22.6 Å². The molecule has 5 N–H and O–H groups in total. The van der Waals surface area contributed by atoms with Crippen LogP contribution in [0.4, 0.5) is 22.7 Å². The molecule has 27 heavy (non-hydrogen) atoms. The lowest BCUT2D eigenvalue weighted by Crippen LogP contribution is -2.19. The zero-order valence-corrected chi connectivity index (χ0v) is 15.8. The van der Waals surface area contributed by atoms with E-state index in [2.05, 4.69) is 16.0 Å². The van der Waals surface area contributed by atoms with Gasteiger partial charge in [0.15, 0.2) is 5.11 Å². The molecule has 3 rings (SSSR count). The number of carbonyl (C=O) groups is 1. The molecular formula is C20H17ClN4OS. The summed E-state index contributed by atoms with van der Waals surface area (Å²) in [5, 5.41) is 9.72. The quantitative estimate of drug-likeness (QED) is 0.369. The number of halogens is 1. The minimum atomic E-state index is -0.223. The van der Waals surface area contributed by atoms with Crippen LogP contribution in [0.3, 0.4) is 0 Å². The summed E-state index contributed by atoms with van der Waals surface area (Å²) in [7, 11) is 0. The van der Waals surface area contributed by atoms with E-state index in [9.17, 15) is 4.79 Å². The van der Waals surface area contributed by atoms with E-state index in [-0.39, 0.29) is 5.91 Å². The van der Waals surface area contributed by atoms with Crippen LogP contribution in [-0.2, 0) is 0 Å². The molecule has 0 radical (unpaired) electrons. The summed E-state index contributed by atoms with van der Waals surface area (Å²) in [4.78, 5) is 12.2. The second-order valence-electron chi connectivity index (χ2n) is 5.72. The Bertz CT molecular complexity index is 961. The lowest BCUT2D eigenvalue weighted by molar-refractivity contribution is 0.102. The van der Waals surface area contributed by atoms with Crippen molar-refractivity contribution in [3.63, 3.8) is 0 Å². The van der Waals surface area contributed by atoms with Crippen LogP contribution in [0.5, 0.6) is 0 Å². The summed E-state index contributed by atoms with van der Waals surface area (Å²) >= 11 is 11.6. The van der Waals surface area contributed by atoms with Crippen LogP contribution >= 0.6 is 23.8 Å². The number of rotatable bonds is 4. The standard InChI is InChI=1S/C20H17ClN4OS/c21-17-12-16(24-20(27)23-15-8-6-14(22)7-9-15)10-11-18(17)25-19(26)13-4-2-1-3-5-13/h1-12H,22H2,(H,25,26)(H2,23,24,27). The van der Waals surface area contributed by atoms with Crippen molar-refractivity contribution in [3.8, 4) is 0 Å². The molecule has 0 bridgehead atoms. The normalized spacial score (nSPS) is 10.1. The Kier molecular flexibility index (Phi) is 5.90. The third-order valence-electron chi connectivity index (χ3n) is 3.68. The Morgan fingerprint density at radius 3 is 2.15 bits per heavy atom. The largest absolute Gasteiger partial charge is 0.399 e. The molecule has 0 unspecified atom stereocenters. The Morgan fingerprint density at radius 2 is 1.48 bits per heavy atom. The van der Waals surface area contributed by atoms with Crippen LogP contribution in [0.25, 0.3) is 0 Å². The number of benzene rings is 3. The first-order chi connectivity index (χ1) is 13.0. The maximum Gasteiger partial charge on any atom is 0.255 e. The highest BCUT2D eigenvalue weighted by Gasteiger charge is 2.09. The molecule has 1 amide bonds. The first-order valence-electron chi connectivity index (χ1n) is 8.11. The number of hydrogen-bond acceptors (Lipinski definition) is 3. The van der Waals surface area contributed by atoms with Crippen molar-refractivity contribution < 1.29 is 4.79 Å². The van der Waals surface area contributed by atoms with E-state index in [0.29, 0.717) is 32.8 Å². The van der Waals surface area contributed by atoms with Crippen LogP contribution in [0.15, 0.2) is 72.8 Å². The van der Waals surface area contributed by atoms with Gasteiger partial charge in [0.05, 0.1) is 10.7 Å². The predicted molar refractivity (Wildman–Crippen MR) is 117 cm³/mol. The van der Waals surface area contributed by atoms with E-state index in [1.807, 2.05) is 18.2 Å². The smallest absolute Gasteiger partial charge is 0.255 e. The summed E-state index contributed by atoms with van der Waals surface area (Å²) < 4.78 is 0. The molecule has 0 spiro atoms. The van der Waals surface area contributed by atoms with Gasteiger partial charge in [0.1, 0.15) is 0 Å². The molecule has 7 heteroatoms. The molecule has 0 heterocycles. The highest BCUT2D eigenvalue weighted by atomic mass is 35.5. The molecule has 0 aromatic heterocycles. The van der Waals surface area contributed by atoms with Gasteiger partial charge < -0.3 is 21.7 Å². The van der Waals surface area contributed by atoms with Crippen molar-refractivity contribution in [1.29, 1.82) is 0 Å². The van der Waals surface area contributed by atoms with Crippen LogP contribution in [0.1, 0.15) is 10.4 Å². The third-order valence-corrected chi connectivity index (χ3v) is 4.20. The molecular weight excluding hydrogens is 380 g/mol. The zero-order valence-electron chi connectivity index (χ0n) is 14.2. The molecule has 0 fully saturated rings. The third kappa shape index (κ3) is 5.20. The fourth-order valence-corrected chi connectivity index (χ4v) is 2.80. The van der Waals surface area contributed by atoms with Gasteiger partial charge in [-0.3, -0.25) is 4.79 Å². The molecule has 0 saturated carbocycles. The number of hydrogen-bond donors (Lipinski definition) is 4. The molecule has 136 valence electrons. The Morgan fingerprint density at radius 1 is 0.852 bits per heavy atom. The monoisotopic (exact) mass is 396 g/mol. The van der Waals surface area contributed by atoms with E-state index >= 15 is 0 Å². The van der Waals surface area contributed by atoms with Crippen molar-refractivity contribution in [2.45, 2.75) is 0 Å². The minimum absolute atomic E-state index is 0.223. The average Bonchev–Trinajstić information content (AvgIpc) is 2.66. The van der Waals surface area contributed by atoms with Crippen molar-refractivity contribution in [2.24, 2.45) is 0 Å². The second-order valence-corrected chi connectivity index (χ2v) is 6.53. The van der Waals surface area contributed by atoms with Crippen LogP contribution in [-0.4, -0.2) is 11.0 Å². The van der Waals surface area contributed by atoms with Gasteiger partial charge in [-0.05, 0) is 66.8 Å². The molecule has 0 atom stereocenters. The highest BCUT2D eigenvalue weighted by molar-refractivity contribution is 7.80. The second kappa shape index (κ2) is 8.53. The van der Waals surface area contributed by atoms with Gasteiger partial charge >= 0.3 is 0 Å². The van der Waals surface area contributed by atoms with Gasteiger partial charge in [-0.25, -0.2) is 0 Å². The SMILES string of the molecule is Nc1ccc(NC(=S)Nc2ccc(NC(=O)c3ccccc3)c(Cl)c2)cc1. The average molecular weight is 397 g/mol. The number of nitrogens with one attached hydrogen (secondary N) is 3. The number of nitrogens with two attached hydrogens (primary N) is 1. The molecule has 0 aliphatic rings. The first kappa shape index (κ1) is 18.7. The maximum atomic E-state index is 12.2. The van der Waals surface area contributed by atoms with Gasteiger partial charge in [0.2, 0.25) is 0 Å². The van der Waals surface area contributed by atoms with Gasteiger partial charge in [-0.2, -0.15) is 0 Å². The molecule has 0 aliphatic carbocycles. The van der Waals surface area contributed by atoms with Gasteiger partial charge in [-0.15, -0.1) is 0 Å². The number of anilines is 4. The Labute approximate surface area is 167 Å². The topological polar surface area (TPSA) is 79.2 Å². The first-order valence-corrected chi connectivity index (χ1v) is 8.89. The van der Waals surface area contributed by atoms with E-state index in [0.717, 1.165) is 5.69 Å². The van der Waals surface area contributed by atoms with E-state index < -0.39 is 0 Å². The molecule has 0 aliphatic heterocycles. The molecule has 3 aromatic rings. The summed E-state index contributed by atoms with van der Waals surface area (Å²) in [5.41, 5.74) is 8.94. The summed E-state index contributed by atoms with van der Waals surface area (Å²) in [6.45, 7) is 0. The Hall–Kier alpha value is -3.09. The zero-order chi connectivity index (χ0) is 19.2. The molecule has 0 saturated heterocycles. The minimum Gasteiger partial charge on any atom is -0.399 e. The van der Waals surface area contributed by atoms with Crippen LogP contribution in [0.2, 0.25) is 5.02 Å². The maximum absolute atomic E-state index is 12.2. The number of amides is 1. The summed E-state index contributed by atoms with van der Waals surface area (Å²) in [6.07, 6.45) is 0. The van der Waals surface area contributed by atoms with Crippen molar-refractivity contribution in [3.05, 3.63) is 83.4 Å². The number of thiocarbonyl (C=S) groups is 1. The fourth-order valence-electron chi connectivity index (χ4n) is 2.34. The lowest BCUT2D eigenvalue weighted by Gasteiger charge is -2.13. The fraction of sp³-hybridized carbons (Fsp3) is 0. The van der Waals surface area contributed by atoms with Gasteiger partial charge in [-0.1, -0.05) is 29.8 Å². The number of nitrogen functional groups attached to an aromatic ring is 1. The summed E-state index contributed by atoms with van der Waals surface area (Å²) in [5.74, 6) is -0.223. The van der Waals surface area contributed by atoms with Crippen LogP contribution < -0.4 is 21.7 Å². The van der Waals surface area contributed by atoms with Crippen molar-refractivity contribution in [1.82, 2.24) is 0 Å². The van der Waals surface area contributed by atoms with Crippen molar-refractivity contribution >= 4 is 57.6 Å². The van der Waals surface area contributed by atoms with E-state index in [1.165, 1.54) is 0 Å². The summed E-state index contributed by atoms with van der Waals surface area (Å²) in [6, 6.07) is 21.4. The predicted octanol–water partition coefficient (Wildman–Crippen LogP) is 4.98. The lowest BCUT2D eigenvalue weighted by atomic mass is 10.2. The Balaban J connectivity index is 1.63. The highest BCUT2D eigenvalue weighted by Crippen LogP contribution is 2.26. The molecule has 5 nitrogen and oxygen atoms in total. The van der Waals surface area contributed by atoms with Gasteiger partial charge in [0.25, 0.3) is 5.91 Å². The van der Waals surface area contributed by atoms with E-state index in [1.54, 1.807) is 54.6 Å².